The van der Waals surface area contributed by atoms with E-state index in [1.807, 2.05) is 54.8 Å². The van der Waals surface area contributed by atoms with Crippen LogP contribution < -0.4 is 5.32 Å². The third-order valence-corrected chi connectivity index (χ3v) is 6.85. The monoisotopic (exact) mass is 477 g/mol. The molecule has 184 valence electrons. The molecule has 1 saturated carbocycles. The highest BCUT2D eigenvalue weighted by Gasteiger charge is 2.55. The van der Waals surface area contributed by atoms with Crippen molar-refractivity contribution in [1.82, 2.24) is 19.5 Å². The van der Waals surface area contributed by atoms with Gasteiger partial charge >= 0.3 is 0 Å². The molecule has 0 radical (unpaired) electrons. The number of ether oxygens (including phenoxy) is 4. The van der Waals surface area contributed by atoms with Gasteiger partial charge in [0.25, 0.3) is 0 Å². The molecule has 6 rings (SSSR count). The van der Waals surface area contributed by atoms with E-state index in [4.69, 9.17) is 18.9 Å². The van der Waals surface area contributed by atoms with Gasteiger partial charge in [0, 0.05) is 6.04 Å². The Balaban J connectivity index is 1.22. The van der Waals surface area contributed by atoms with E-state index in [2.05, 4.69) is 20.3 Å². The Labute approximate surface area is 204 Å². The molecule has 3 aliphatic rings. The van der Waals surface area contributed by atoms with E-state index in [1.165, 1.54) is 12.8 Å². The normalized spacial score (nSPS) is 28.2. The lowest BCUT2D eigenvalue weighted by Gasteiger charge is -2.24. The maximum Gasteiger partial charge on any atom is 0.167 e. The fourth-order valence-electron chi connectivity index (χ4n) is 5.25. The van der Waals surface area contributed by atoms with Gasteiger partial charge in [-0.2, -0.15) is 0 Å². The van der Waals surface area contributed by atoms with Crippen LogP contribution in [0.3, 0.4) is 0 Å². The minimum Gasteiger partial charge on any atom is -0.497 e. The van der Waals surface area contributed by atoms with Crippen molar-refractivity contribution in [3.63, 3.8) is 0 Å². The summed E-state index contributed by atoms with van der Waals surface area (Å²) >= 11 is 0. The maximum absolute atomic E-state index is 6.43. The van der Waals surface area contributed by atoms with Gasteiger partial charge in [-0.3, -0.25) is 4.57 Å². The molecule has 4 atom stereocenters. The summed E-state index contributed by atoms with van der Waals surface area (Å²) in [6.07, 6.45) is 10.4. The highest BCUT2D eigenvalue weighted by Crippen LogP contribution is 2.44. The molecule has 9 heteroatoms. The van der Waals surface area contributed by atoms with Gasteiger partial charge in [-0.05, 0) is 38.3 Å². The molecule has 1 aliphatic carbocycles. The molecule has 2 saturated heterocycles. The molecule has 2 aliphatic heterocycles. The number of fused-ring (bicyclic) bond motifs is 2. The molecular formula is C26H31N5O4. The quantitative estimate of drug-likeness (QED) is 0.503. The van der Waals surface area contributed by atoms with Crippen molar-refractivity contribution in [3.8, 4) is 0 Å². The van der Waals surface area contributed by atoms with E-state index in [9.17, 15) is 0 Å². The number of imidazole rings is 1. The van der Waals surface area contributed by atoms with E-state index in [0.29, 0.717) is 18.3 Å². The average Bonchev–Trinajstić information content (AvgIpc) is 3.62. The Bertz CT molecular complexity index is 1190. The minimum atomic E-state index is -0.713. The summed E-state index contributed by atoms with van der Waals surface area (Å²) in [6, 6.07) is 10.5. The predicted octanol–water partition coefficient (Wildman–Crippen LogP) is 4.33. The van der Waals surface area contributed by atoms with E-state index in [1.54, 1.807) is 18.9 Å². The largest absolute Gasteiger partial charge is 0.497 e. The van der Waals surface area contributed by atoms with Crippen molar-refractivity contribution in [2.75, 3.05) is 5.32 Å². The number of hydrogen-bond donors (Lipinski definition) is 1. The molecule has 9 nitrogen and oxygen atoms in total. The van der Waals surface area contributed by atoms with Crippen molar-refractivity contribution < 1.29 is 18.9 Å². The highest BCUT2D eigenvalue weighted by atomic mass is 16.8. The second-order valence-electron chi connectivity index (χ2n) is 9.85. The molecule has 35 heavy (non-hydrogen) atoms. The van der Waals surface area contributed by atoms with E-state index in [-0.39, 0.29) is 18.3 Å². The van der Waals surface area contributed by atoms with Crippen LogP contribution in [-0.2, 0) is 25.6 Å². The van der Waals surface area contributed by atoms with Crippen molar-refractivity contribution in [1.29, 1.82) is 0 Å². The fourth-order valence-corrected chi connectivity index (χ4v) is 5.25. The summed E-state index contributed by atoms with van der Waals surface area (Å²) in [5.74, 6) is 0.0550. The summed E-state index contributed by atoms with van der Waals surface area (Å²) in [5, 5.41) is 3.55. The van der Waals surface area contributed by atoms with Gasteiger partial charge in [0.2, 0.25) is 0 Å². The summed E-state index contributed by atoms with van der Waals surface area (Å²) in [5.41, 5.74) is 2.55. The lowest BCUT2D eigenvalue weighted by Crippen LogP contribution is -2.28. The first-order valence-corrected chi connectivity index (χ1v) is 12.3. The van der Waals surface area contributed by atoms with Gasteiger partial charge in [-0.15, -0.1) is 0 Å². The van der Waals surface area contributed by atoms with Gasteiger partial charge in [0.15, 0.2) is 29.0 Å². The predicted molar refractivity (Wildman–Crippen MR) is 129 cm³/mol. The Hall–Kier alpha value is -3.01. The summed E-state index contributed by atoms with van der Waals surface area (Å²) in [6.45, 7) is 4.34. The minimum absolute atomic E-state index is 0.276. The lowest BCUT2D eigenvalue weighted by molar-refractivity contribution is -0.191. The van der Waals surface area contributed by atoms with Crippen LogP contribution in [0.25, 0.3) is 11.2 Å². The second kappa shape index (κ2) is 9.22. The number of nitrogens with zero attached hydrogens (tertiary/aromatic N) is 4. The third kappa shape index (κ3) is 4.51. The smallest absolute Gasteiger partial charge is 0.167 e. The van der Waals surface area contributed by atoms with E-state index >= 15 is 0 Å². The molecule has 3 fully saturated rings. The van der Waals surface area contributed by atoms with Crippen LogP contribution >= 0.6 is 0 Å². The van der Waals surface area contributed by atoms with Gasteiger partial charge < -0.3 is 24.3 Å². The Morgan fingerprint density at radius 1 is 1.09 bits per heavy atom. The number of rotatable bonds is 7. The van der Waals surface area contributed by atoms with Crippen LogP contribution in [0.15, 0.2) is 55.3 Å². The standard InChI is InChI=1S/C26H31N5O4/c1-26(2)34-21-19(12-13-32-14-17-8-4-3-5-9-17)33-25(22(21)35-26)31-16-29-20-23(27-15-28-24(20)31)30-18-10-6-7-11-18/h3-5,8-9,12-13,15-16,18-19,21-22,25H,6-7,10-11,14H2,1-2H3,(H,27,28,30)/b13-12+. The maximum atomic E-state index is 6.43. The SMILES string of the molecule is CC1(C)OC2C(/C=C/OCc3ccccc3)OC(n3cnc4c(NC5CCCC5)ncnc43)C2O1. The lowest BCUT2D eigenvalue weighted by atomic mass is 10.1. The zero-order chi connectivity index (χ0) is 23.8. The number of anilines is 1. The molecule has 0 amide bonds. The van der Waals surface area contributed by atoms with Crippen molar-refractivity contribution in [3.05, 3.63) is 60.9 Å². The molecule has 2 aromatic heterocycles. The molecular weight excluding hydrogens is 446 g/mol. The average molecular weight is 478 g/mol. The van der Waals surface area contributed by atoms with E-state index < -0.39 is 12.0 Å². The fraction of sp³-hybridized carbons (Fsp3) is 0.500. The van der Waals surface area contributed by atoms with E-state index in [0.717, 1.165) is 29.7 Å². The van der Waals surface area contributed by atoms with Crippen LogP contribution in [0.2, 0.25) is 0 Å². The molecule has 4 heterocycles. The summed E-state index contributed by atoms with van der Waals surface area (Å²) in [7, 11) is 0. The zero-order valence-corrected chi connectivity index (χ0v) is 20.0. The second-order valence-corrected chi connectivity index (χ2v) is 9.85. The van der Waals surface area contributed by atoms with Gasteiger partial charge in [-0.25, -0.2) is 15.0 Å². The van der Waals surface area contributed by atoms with Crippen LogP contribution in [0.4, 0.5) is 5.82 Å². The first-order chi connectivity index (χ1) is 17.1. The third-order valence-electron chi connectivity index (χ3n) is 6.85. The molecule has 1 N–H and O–H groups in total. The first kappa shape index (κ1) is 22.5. The topological polar surface area (TPSA) is 92.6 Å². The van der Waals surface area contributed by atoms with Gasteiger partial charge in [0.1, 0.15) is 31.2 Å². The molecule has 3 aromatic rings. The van der Waals surface area contributed by atoms with Gasteiger partial charge in [-0.1, -0.05) is 43.2 Å². The molecule has 0 bridgehead atoms. The number of nitrogens with one attached hydrogen (secondary N) is 1. The first-order valence-electron chi connectivity index (χ1n) is 12.3. The summed E-state index contributed by atoms with van der Waals surface area (Å²) < 4.78 is 26.6. The van der Waals surface area contributed by atoms with Crippen molar-refractivity contribution >= 4 is 17.0 Å². The number of benzene rings is 1. The number of hydrogen-bond acceptors (Lipinski definition) is 8. The van der Waals surface area contributed by atoms with Crippen molar-refractivity contribution in [2.24, 2.45) is 0 Å². The highest BCUT2D eigenvalue weighted by molar-refractivity contribution is 5.82. The summed E-state index contributed by atoms with van der Waals surface area (Å²) in [4.78, 5) is 13.6. The molecule has 0 spiro atoms. The Morgan fingerprint density at radius 2 is 1.89 bits per heavy atom. The molecule has 1 aromatic carbocycles. The number of aromatic nitrogens is 4. The zero-order valence-electron chi connectivity index (χ0n) is 20.0. The van der Waals surface area contributed by atoms with Crippen LogP contribution in [0, 0.1) is 0 Å². The Morgan fingerprint density at radius 3 is 2.71 bits per heavy atom. The van der Waals surface area contributed by atoms with Gasteiger partial charge in [0.05, 0.1) is 12.6 Å². The van der Waals surface area contributed by atoms with Crippen LogP contribution in [-0.4, -0.2) is 49.7 Å². The molecule has 4 unspecified atom stereocenters. The van der Waals surface area contributed by atoms with Crippen molar-refractivity contribution in [2.45, 2.75) is 82.5 Å². The Kier molecular flexibility index (Phi) is 5.91. The van der Waals surface area contributed by atoms with Crippen LogP contribution in [0.5, 0.6) is 0 Å². The van der Waals surface area contributed by atoms with Crippen LogP contribution in [0.1, 0.15) is 51.3 Å².